The van der Waals surface area contributed by atoms with Crippen LogP contribution >= 0.6 is 0 Å². The molecule has 15 heteroatoms. The van der Waals surface area contributed by atoms with E-state index in [4.69, 9.17) is 38.9 Å². The molecule has 2 fully saturated rings. The SMILES string of the molecule is C/C=C/[C@H]1O[C@@](O)([C@@H](C)[13C@@H](O)[C@H](C)[13C@H]2O[13C](=O)/C(OC)=[13CH]/C(C)=[13CH]/[C@@H](C)[C@@H](O)[C@@H](CC)[13C@@H](O)[C@H](C)[13CH2]/C(C)=C/C=[13CH]/[C@@H]2OC)C[13C@@H](O[C@H]2C[C@@H](O)[C@H](OC(N)=O)[C@@H](C)O2)[C@@H]1C. The van der Waals surface area contributed by atoms with Crippen molar-refractivity contribution in [1.29, 1.82) is 0 Å². The molecular formula is C46H75NO14. The second kappa shape index (κ2) is 23.5. The fraction of sp³-hybridized carbons (Fsp3) is 0.739. The van der Waals surface area contributed by atoms with E-state index >= 15 is 0 Å². The van der Waals surface area contributed by atoms with Crippen molar-refractivity contribution < 1.29 is 68.3 Å². The first-order chi connectivity index (χ1) is 28.6. The molecule has 0 saturated carbocycles. The van der Waals surface area contributed by atoms with Gasteiger partial charge >= 0.3 is 12.1 Å². The minimum Gasteiger partial charge on any atom is -0.490 e. The smallest absolute Gasteiger partial charge is 0.404 e. The predicted molar refractivity (Wildman–Crippen MR) is 228 cm³/mol. The molecule has 2 saturated heterocycles. The number of methoxy groups -OCH3 is 2. The zero-order valence-corrected chi connectivity index (χ0v) is 38.2. The maximum atomic E-state index is 13.9. The van der Waals surface area contributed by atoms with Crippen molar-refractivity contribution in [1.82, 2.24) is 0 Å². The van der Waals surface area contributed by atoms with Gasteiger partial charge in [-0.05, 0) is 52.5 Å². The molecular weight excluding hydrogens is 799 g/mol. The molecule has 348 valence electrons. The summed E-state index contributed by atoms with van der Waals surface area (Å²) in [6.07, 6.45) is 2.20. The highest BCUT2D eigenvalue weighted by atomic mass is 16.7. The molecule has 0 aromatic carbocycles. The highest BCUT2D eigenvalue weighted by molar-refractivity contribution is 5.87. The van der Waals surface area contributed by atoms with E-state index in [1.807, 2.05) is 53.7 Å². The third-order valence-electron chi connectivity index (χ3n) is 12.8. The van der Waals surface area contributed by atoms with Crippen molar-refractivity contribution >= 4 is 12.1 Å². The molecule has 0 spiro atoms. The van der Waals surface area contributed by atoms with Crippen molar-refractivity contribution in [2.24, 2.45) is 41.2 Å². The van der Waals surface area contributed by atoms with Crippen molar-refractivity contribution in [2.45, 2.75) is 168 Å². The molecule has 0 aromatic rings. The molecule has 0 unspecified atom stereocenters. The summed E-state index contributed by atoms with van der Waals surface area (Å²) in [5.41, 5.74) is 6.78. The number of nitrogens with two attached hydrogens (primary N) is 1. The number of aliphatic hydroxyl groups is 5. The molecule has 0 radical (unpaired) electrons. The highest BCUT2D eigenvalue weighted by Gasteiger charge is 2.52. The Morgan fingerprint density at radius 2 is 1.77 bits per heavy atom. The Hall–Kier alpha value is -3.12. The van der Waals surface area contributed by atoms with Crippen LogP contribution in [-0.4, -0.2) is 125 Å². The quantitative estimate of drug-likeness (QED) is 0.0915. The standard InChI is InChI=1S/C46H75NO14/c1-13-16-34-28(7)37(58-38-22-33(48)43(31(10)57-38)60-45(47)53)23-46(54,61-34)30(9)41(51)29(8)42-35(55-11)18-15-17-24(3)19-26(5)39(49)32(14-2)40(50)27(6)20-25(4)21-36(56-12)44(52)59-42/h13,15-18,20-21,26-35,37-43,48-51,54H,14,19,22-23H2,1-12H3,(H2,47,53)/b16-13+,18-15+,24-17+,25-20+,36-21-/t26-,27-,28-,29+,30+,31-,32+,33-,34-,35+,37-,38+,39+,40-,41+,42-,43-,46-/m1/s1/i18+1,19+1,20+1,21+1,37+1,39+1,41+1,42+1,44+1. The first-order valence-electron chi connectivity index (χ1n) is 21.7. The molecule has 0 bridgehead atoms. The van der Waals surface area contributed by atoms with E-state index in [0.29, 0.717) is 18.4 Å². The van der Waals surface area contributed by atoms with Crippen LogP contribution in [0.1, 0.15) is 94.9 Å². The molecule has 0 aromatic heterocycles. The van der Waals surface area contributed by atoms with Gasteiger partial charge in [-0.2, -0.15) is 0 Å². The fourth-order valence-electron chi connectivity index (χ4n) is 8.94. The highest BCUT2D eigenvalue weighted by Crippen LogP contribution is 2.42. The topological polar surface area (TPSA) is 226 Å². The Labute approximate surface area is 362 Å². The average Bonchev–Trinajstić information content (AvgIpc) is 3.19. The van der Waals surface area contributed by atoms with E-state index in [1.54, 1.807) is 52.0 Å². The van der Waals surface area contributed by atoms with Crippen LogP contribution in [0.4, 0.5) is 4.79 Å². The largest absolute Gasteiger partial charge is 0.490 e. The van der Waals surface area contributed by atoms with Crippen molar-refractivity contribution in [3.05, 3.63) is 59.4 Å². The van der Waals surface area contributed by atoms with E-state index < -0.39 is 97.0 Å². The normalized spacial score (nSPS) is 42.2. The Bertz CT molecular complexity index is 1570. The van der Waals surface area contributed by atoms with Gasteiger partial charge in [0.15, 0.2) is 18.2 Å². The number of cyclic esters (lactones) is 1. The Balaban J connectivity index is 2.00. The molecule has 3 aliphatic rings. The summed E-state index contributed by atoms with van der Waals surface area (Å²) in [5, 5.41) is 58.0. The monoisotopic (exact) mass is 875 g/mol. The van der Waals surface area contributed by atoms with Gasteiger partial charge in [0.25, 0.3) is 0 Å². The molecule has 3 aliphatic heterocycles. The maximum Gasteiger partial charge on any atom is 0.404 e. The van der Waals surface area contributed by atoms with Gasteiger partial charge in [0, 0.05) is 49.5 Å². The summed E-state index contributed by atoms with van der Waals surface area (Å²) in [6.45, 7) is 18.2. The molecule has 3 heterocycles. The van der Waals surface area contributed by atoms with Crippen LogP contribution in [0.15, 0.2) is 59.4 Å². The van der Waals surface area contributed by atoms with E-state index in [-0.39, 0.29) is 42.3 Å². The van der Waals surface area contributed by atoms with E-state index in [0.717, 1.165) is 5.57 Å². The van der Waals surface area contributed by atoms with Gasteiger partial charge in [0.1, 0.15) is 12.2 Å². The molecule has 3 rings (SSSR count). The number of primary amides is 1. The Morgan fingerprint density at radius 1 is 1.10 bits per heavy atom. The van der Waals surface area contributed by atoms with E-state index in [2.05, 4.69) is 0 Å². The second-order valence-electron chi connectivity index (χ2n) is 17.5. The lowest BCUT2D eigenvalue weighted by atomic mass is 9.94. The summed E-state index contributed by atoms with van der Waals surface area (Å²) in [7, 11) is 2.81. The molecule has 0 aliphatic carbocycles. The minimum atomic E-state index is -1.97. The lowest BCUT2D eigenvalue weighted by Crippen LogP contribution is -2.59. The van der Waals surface area contributed by atoms with Crippen LogP contribution in [0.3, 0.4) is 0 Å². The van der Waals surface area contributed by atoms with Crippen molar-refractivity contribution in [3.8, 4) is 0 Å². The minimum absolute atomic E-state index is 0.0313. The number of aliphatic hydroxyl groups excluding tert-OH is 4. The number of rotatable bonds is 11. The van der Waals surface area contributed by atoms with Gasteiger partial charge < -0.3 is 64.4 Å². The number of esters is 1. The summed E-state index contributed by atoms with van der Waals surface area (Å²) in [6, 6.07) is 0. The summed E-state index contributed by atoms with van der Waals surface area (Å²) < 4.78 is 41.4. The third kappa shape index (κ3) is 13.7. The molecule has 1 amide bonds. The molecule has 15 nitrogen and oxygen atoms in total. The fourth-order valence-corrected chi connectivity index (χ4v) is 8.94. The molecule has 7 N–H and O–H groups in total. The first kappa shape index (κ1) is 52.2. The Morgan fingerprint density at radius 3 is 2.34 bits per heavy atom. The summed E-state index contributed by atoms with van der Waals surface area (Å²) >= 11 is 0. The number of ether oxygens (including phenoxy) is 7. The number of allylic oxidation sites excluding steroid dienone is 6. The van der Waals surface area contributed by atoms with Crippen LogP contribution < -0.4 is 5.73 Å². The van der Waals surface area contributed by atoms with Crippen LogP contribution in [-0.2, 0) is 38.0 Å². The molecule has 18 atom stereocenters. The van der Waals surface area contributed by atoms with E-state index in [9.17, 15) is 35.1 Å². The first-order valence-corrected chi connectivity index (χ1v) is 21.7. The maximum absolute atomic E-state index is 13.9. The van der Waals surface area contributed by atoms with Crippen LogP contribution in [0, 0.1) is 35.5 Å². The number of carbonyl (C=O) groups is 2. The van der Waals surface area contributed by atoms with Crippen molar-refractivity contribution in [3.63, 3.8) is 0 Å². The number of carbonyl (C=O) groups excluding carboxylic acids is 2. The van der Waals surface area contributed by atoms with Gasteiger partial charge in [-0.15, -0.1) is 0 Å². The zero-order valence-electron chi connectivity index (χ0n) is 38.2. The van der Waals surface area contributed by atoms with Gasteiger partial charge in [-0.3, -0.25) is 0 Å². The lowest BCUT2D eigenvalue weighted by molar-refractivity contribution is -0.338. The zero-order chi connectivity index (χ0) is 45.9. The summed E-state index contributed by atoms with van der Waals surface area (Å²) in [5.74, 6) is -6.00. The summed E-state index contributed by atoms with van der Waals surface area (Å²) in [4.78, 5) is 25.4. The Kier molecular flexibility index (Phi) is 20.1. The van der Waals surface area contributed by atoms with Crippen LogP contribution in [0.25, 0.3) is 0 Å². The predicted octanol–water partition coefficient (Wildman–Crippen LogP) is 4.98. The molecule has 61 heavy (non-hydrogen) atoms. The van der Waals surface area contributed by atoms with Gasteiger partial charge in [-0.1, -0.05) is 89.1 Å². The van der Waals surface area contributed by atoms with Crippen molar-refractivity contribution in [2.75, 3.05) is 14.2 Å². The number of hydrogen-bond donors (Lipinski definition) is 6. The second-order valence-corrected chi connectivity index (χ2v) is 17.5. The van der Waals surface area contributed by atoms with E-state index in [1.165, 1.54) is 20.3 Å². The number of amides is 1. The van der Waals surface area contributed by atoms with Gasteiger partial charge in [0.2, 0.25) is 5.76 Å². The lowest BCUT2D eigenvalue weighted by Gasteiger charge is -2.49. The van der Waals surface area contributed by atoms with Crippen LogP contribution in [0.5, 0.6) is 0 Å². The third-order valence-corrected chi connectivity index (χ3v) is 12.8. The van der Waals surface area contributed by atoms with Gasteiger partial charge in [0.05, 0.1) is 49.8 Å². The number of hydrogen-bond acceptors (Lipinski definition) is 14. The van der Waals surface area contributed by atoms with Crippen LogP contribution in [0.2, 0.25) is 0 Å². The van der Waals surface area contributed by atoms with Gasteiger partial charge in [-0.25, -0.2) is 9.59 Å². The average molecular weight is 875 g/mol.